The zero-order valence-corrected chi connectivity index (χ0v) is 42.8. The van der Waals surface area contributed by atoms with Crippen molar-refractivity contribution >= 4 is 11.6 Å². The summed E-state index contributed by atoms with van der Waals surface area (Å²) in [4.78, 5) is 23.4. The first-order valence-electron chi connectivity index (χ1n) is 27.1. The quantitative estimate of drug-likeness (QED) is 0.0310. The summed E-state index contributed by atoms with van der Waals surface area (Å²) in [6.45, 7) is 9.53. The van der Waals surface area contributed by atoms with Crippen molar-refractivity contribution in [3.63, 3.8) is 0 Å². The second-order valence-electron chi connectivity index (χ2n) is 20.0. The van der Waals surface area contributed by atoms with Crippen LogP contribution < -0.4 is 18.9 Å². The molecule has 0 radical (unpaired) electrons. The van der Waals surface area contributed by atoms with Crippen molar-refractivity contribution < 1.29 is 43.5 Å². The molecule has 2 N–H and O–H groups in total. The van der Waals surface area contributed by atoms with Crippen LogP contribution in [-0.4, -0.2) is 71.8 Å². The fourth-order valence-electron chi connectivity index (χ4n) is 11.7. The van der Waals surface area contributed by atoms with Gasteiger partial charge in [-0.2, -0.15) is 0 Å². The molecule has 1 amide bonds. The molecule has 0 saturated heterocycles. The molecular weight excluding hydrogens is 905 g/mol. The maximum atomic E-state index is 15.3. The smallest absolute Gasteiger partial charge is 0.239 e. The average Bonchev–Trinajstić information content (AvgIpc) is 3.88. The molecule has 0 aromatic heterocycles. The maximum Gasteiger partial charge on any atom is 0.239 e. The number of rotatable bonds is 29. The van der Waals surface area contributed by atoms with Gasteiger partial charge < -0.3 is 43.6 Å². The van der Waals surface area contributed by atoms with Crippen molar-refractivity contribution in [1.29, 1.82) is 0 Å². The van der Waals surface area contributed by atoms with Gasteiger partial charge in [0.05, 0.1) is 18.2 Å². The minimum atomic E-state index is -1.38. The second kappa shape index (κ2) is 26.4. The molecule has 6 atom stereocenters. The van der Waals surface area contributed by atoms with E-state index in [1.54, 1.807) is 6.08 Å². The monoisotopic (exact) mass is 983 g/mol. The van der Waals surface area contributed by atoms with Crippen molar-refractivity contribution in [2.45, 2.75) is 147 Å². The zero-order chi connectivity index (χ0) is 50.1. The Morgan fingerprint density at radius 3 is 2.21 bits per heavy atom. The number of hydrogen-bond donors (Lipinski definition) is 2. The number of hydrogen-bond acceptors (Lipinski definition) is 10. The van der Waals surface area contributed by atoms with Crippen molar-refractivity contribution in [3.8, 4) is 39.9 Å². The van der Waals surface area contributed by atoms with Crippen molar-refractivity contribution in [1.82, 2.24) is 4.90 Å². The van der Waals surface area contributed by atoms with Gasteiger partial charge in [-0.05, 0) is 116 Å². The highest BCUT2D eigenvalue weighted by Gasteiger charge is 2.65. The number of ether oxygens (including phenoxy) is 5. The highest BCUT2D eigenvalue weighted by atomic mass is 16.7. The first-order valence-corrected chi connectivity index (χ1v) is 27.1. The molecule has 0 unspecified atom stereocenters. The van der Waals surface area contributed by atoms with Gasteiger partial charge in [0, 0.05) is 44.1 Å². The summed E-state index contributed by atoms with van der Waals surface area (Å²) in [7, 11) is 0. The fraction of sp³-hybridized carbons (Fsp3) is 0.508. The molecular formula is C61H78N2O9. The summed E-state index contributed by atoms with van der Waals surface area (Å²) in [5.74, 6) is 1.62. The van der Waals surface area contributed by atoms with Gasteiger partial charge in [-0.15, -0.1) is 6.58 Å². The molecule has 8 rings (SSSR count). The summed E-state index contributed by atoms with van der Waals surface area (Å²) >= 11 is 0. The number of benzene rings is 4. The number of carbonyl (C=O) groups is 1. The van der Waals surface area contributed by atoms with Crippen LogP contribution in [0.1, 0.15) is 140 Å². The Labute approximate surface area is 428 Å². The van der Waals surface area contributed by atoms with E-state index in [0.717, 1.165) is 78.5 Å². The molecule has 11 heteroatoms. The molecule has 0 spiro atoms. The van der Waals surface area contributed by atoms with Crippen LogP contribution in [0.2, 0.25) is 0 Å². The van der Waals surface area contributed by atoms with Gasteiger partial charge in [0.2, 0.25) is 18.5 Å². The van der Waals surface area contributed by atoms with Crippen LogP contribution >= 0.6 is 0 Å². The summed E-state index contributed by atoms with van der Waals surface area (Å²) in [5, 5.41) is 25.1. The van der Waals surface area contributed by atoms with E-state index in [9.17, 15) is 10.2 Å². The SMILES string of the molecule is C=CCO[C@@]12Oc3ccc(Oc4ccc(-c5ccccc5)cc4)cc3[C@H]3[C@H](CCCCO)[C@@H](CCCCO)C=C(C(=NOCC)C[C@@H]1N(Cc1ccc4c(c1)OCO4)C(=O)CCCCCCCCCCC)[C@H]32. The van der Waals surface area contributed by atoms with E-state index in [4.69, 9.17) is 33.7 Å². The third kappa shape index (κ3) is 12.6. The minimum Gasteiger partial charge on any atom is -0.459 e. The van der Waals surface area contributed by atoms with Crippen molar-refractivity contribution in [2.75, 3.05) is 33.2 Å². The molecule has 2 heterocycles. The molecule has 386 valence electrons. The normalized spacial score (nSPS) is 22.1. The molecule has 2 aliphatic carbocycles. The lowest BCUT2D eigenvalue weighted by atomic mass is 9.55. The van der Waals surface area contributed by atoms with Gasteiger partial charge in [-0.25, -0.2) is 0 Å². The number of aliphatic hydroxyl groups excluding tert-OH is 2. The Hall–Kier alpha value is -5.62. The van der Waals surface area contributed by atoms with E-state index in [0.29, 0.717) is 61.0 Å². The van der Waals surface area contributed by atoms with Crippen LogP contribution in [0.3, 0.4) is 0 Å². The molecule has 1 saturated carbocycles. The van der Waals surface area contributed by atoms with Gasteiger partial charge in [0.1, 0.15) is 29.9 Å². The molecule has 11 nitrogen and oxygen atoms in total. The van der Waals surface area contributed by atoms with Crippen LogP contribution in [0, 0.1) is 17.8 Å². The van der Waals surface area contributed by atoms with Crippen LogP contribution in [0.5, 0.6) is 28.7 Å². The van der Waals surface area contributed by atoms with E-state index < -0.39 is 17.7 Å². The Morgan fingerprint density at radius 2 is 1.47 bits per heavy atom. The Balaban J connectivity index is 1.23. The van der Waals surface area contributed by atoms with Gasteiger partial charge in [0.15, 0.2) is 11.5 Å². The average molecular weight is 983 g/mol. The van der Waals surface area contributed by atoms with Crippen LogP contribution in [-0.2, 0) is 20.9 Å². The number of unbranched alkanes of at least 4 members (excludes halogenated alkanes) is 10. The number of fused-ring (bicyclic) bond motifs is 3. The van der Waals surface area contributed by atoms with Gasteiger partial charge in [0.25, 0.3) is 0 Å². The van der Waals surface area contributed by atoms with E-state index in [1.807, 2.05) is 72.5 Å². The molecule has 72 heavy (non-hydrogen) atoms. The molecule has 4 aliphatic rings. The lowest BCUT2D eigenvalue weighted by Crippen LogP contribution is -2.70. The summed E-state index contributed by atoms with van der Waals surface area (Å²) in [6.07, 6.45) is 19.9. The number of oxime groups is 1. The predicted molar refractivity (Wildman–Crippen MR) is 283 cm³/mol. The second-order valence-corrected chi connectivity index (χ2v) is 20.0. The Bertz CT molecular complexity index is 2420. The number of amides is 1. The Kier molecular flexibility index (Phi) is 19.3. The van der Waals surface area contributed by atoms with Gasteiger partial charge >= 0.3 is 0 Å². The Morgan fingerprint density at radius 1 is 0.778 bits per heavy atom. The summed E-state index contributed by atoms with van der Waals surface area (Å²) in [6, 6.07) is 29.9. The van der Waals surface area contributed by atoms with Crippen LogP contribution in [0.15, 0.2) is 120 Å². The molecule has 2 aliphatic heterocycles. The third-order valence-corrected chi connectivity index (χ3v) is 15.1. The largest absolute Gasteiger partial charge is 0.459 e. The number of nitrogens with zero attached hydrogens (tertiary/aromatic N) is 2. The number of carbonyl (C=O) groups excluding carboxylic acids is 1. The first-order chi connectivity index (χ1) is 35.4. The number of allylic oxidation sites excluding steroid dienone is 1. The molecule has 4 aromatic carbocycles. The van der Waals surface area contributed by atoms with E-state index >= 15 is 4.79 Å². The molecule has 4 aromatic rings. The van der Waals surface area contributed by atoms with Crippen LogP contribution in [0.25, 0.3) is 11.1 Å². The highest BCUT2D eigenvalue weighted by Crippen LogP contribution is 2.62. The zero-order valence-electron chi connectivity index (χ0n) is 42.8. The summed E-state index contributed by atoms with van der Waals surface area (Å²) < 4.78 is 33.1. The van der Waals surface area contributed by atoms with E-state index in [-0.39, 0.29) is 56.8 Å². The maximum absolute atomic E-state index is 15.3. The lowest BCUT2D eigenvalue weighted by molar-refractivity contribution is -0.258. The number of aliphatic hydroxyl groups is 2. The first kappa shape index (κ1) is 52.7. The van der Waals surface area contributed by atoms with Gasteiger partial charge in [-0.1, -0.05) is 137 Å². The standard InChI is InChI=1S/C61H78N2O9/c1-4-7-8-9-10-11-12-13-17-26-58(66)63(42-44-27-33-55-56(38-44)68-43-67-55)57-41-53(62-70-6-3)51-39-47(24-18-20-35-64)50(25-19-21-36-65)59-52-40-49(32-34-54(52)72-61(57,60(51)59)69-37-5-2)71-48-30-28-46(29-31-48)45-22-15-14-16-23-45/h5,14-16,22-23,27-34,38-40,47,50,57,59-60,64-65H,2,4,6-13,17-21,24-26,35-37,41-43H2,1,3H3/t47-,50+,57-,59+,60+,61+/m0/s1. The molecule has 1 fully saturated rings. The topological polar surface area (TPSA) is 129 Å². The van der Waals surface area contributed by atoms with Gasteiger partial charge in [-0.3, -0.25) is 4.79 Å². The van der Waals surface area contributed by atoms with Crippen molar-refractivity contribution in [3.05, 3.63) is 126 Å². The predicted octanol–water partition coefficient (Wildman–Crippen LogP) is 13.5. The third-order valence-electron chi connectivity index (χ3n) is 15.1. The van der Waals surface area contributed by atoms with Crippen LogP contribution in [0.4, 0.5) is 0 Å². The van der Waals surface area contributed by atoms with E-state index in [1.165, 1.54) is 38.5 Å². The summed E-state index contributed by atoms with van der Waals surface area (Å²) in [5.41, 5.74) is 5.93. The minimum absolute atomic E-state index is 0.0237. The highest BCUT2D eigenvalue weighted by molar-refractivity contribution is 6.03. The lowest BCUT2D eigenvalue weighted by Gasteiger charge is -2.60. The van der Waals surface area contributed by atoms with E-state index in [2.05, 4.69) is 49.9 Å². The van der Waals surface area contributed by atoms with Crippen molar-refractivity contribution in [2.24, 2.45) is 22.9 Å². The molecule has 0 bridgehead atoms. The fourth-order valence-corrected chi connectivity index (χ4v) is 11.7.